The summed E-state index contributed by atoms with van der Waals surface area (Å²) in [6.07, 6.45) is -1.13. The summed E-state index contributed by atoms with van der Waals surface area (Å²) in [6, 6.07) is 10.9. The van der Waals surface area contributed by atoms with Crippen molar-refractivity contribution in [1.82, 2.24) is 10.2 Å². The first kappa shape index (κ1) is 27.4. The van der Waals surface area contributed by atoms with Crippen LogP contribution in [0.1, 0.15) is 57.8 Å². The Balaban J connectivity index is 1.56. The van der Waals surface area contributed by atoms with Crippen LogP contribution in [0.25, 0.3) is 0 Å². The molecule has 0 radical (unpaired) electrons. The molecule has 8 nitrogen and oxygen atoms in total. The molecule has 2 aromatic carbocycles. The smallest absolute Gasteiger partial charge is 0.408 e. The maximum absolute atomic E-state index is 13.9. The Morgan fingerprint density at radius 3 is 2.61 bits per heavy atom. The number of anilines is 1. The van der Waals surface area contributed by atoms with Crippen LogP contribution in [-0.4, -0.2) is 41.4 Å². The molecular formula is C28H30ClFN4O4. The van der Waals surface area contributed by atoms with Crippen LogP contribution in [0.15, 0.2) is 42.5 Å². The first-order chi connectivity index (χ1) is 17.8. The maximum atomic E-state index is 13.9. The number of hydrogen-bond donors (Lipinski definition) is 2. The molecule has 2 aromatic rings. The van der Waals surface area contributed by atoms with Gasteiger partial charge >= 0.3 is 6.09 Å². The molecule has 0 unspecified atom stereocenters. The molecule has 0 aliphatic carbocycles. The number of halogens is 2. The minimum absolute atomic E-state index is 0.0212. The molecule has 2 heterocycles. The Morgan fingerprint density at radius 2 is 1.97 bits per heavy atom. The van der Waals surface area contributed by atoms with Crippen molar-refractivity contribution < 1.29 is 23.5 Å². The zero-order chi connectivity index (χ0) is 27.8. The number of likely N-dealkylation sites (tertiary alicyclic amines) is 1. The Kier molecular flexibility index (Phi) is 7.39. The van der Waals surface area contributed by atoms with Crippen LogP contribution < -0.4 is 10.6 Å². The van der Waals surface area contributed by atoms with E-state index in [0.717, 1.165) is 0 Å². The van der Waals surface area contributed by atoms with Crippen molar-refractivity contribution in [3.05, 3.63) is 64.4 Å². The van der Waals surface area contributed by atoms with Gasteiger partial charge in [0.25, 0.3) is 0 Å². The fourth-order valence-electron chi connectivity index (χ4n) is 5.15. The summed E-state index contributed by atoms with van der Waals surface area (Å²) < 4.78 is 18.7. The van der Waals surface area contributed by atoms with Gasteiger partial charge in [-0.05, 0) is 60.2 Å². The van der Waals surface area contributed by atoms with Crippen LogP contribution in [0.4, 0.5) is 14.9 Å². The molecule has 3 amide bonds. The highest BCUT2D eigenvalue weighted by Crippen LogP contribution is 2.47. The second-order valence-electron chi connectivity index (χ2n) is 11.1. The summed E-state index contributed by atoms with van der Waals surface area (Å²) in [7, 11) is 0. The number of amides is 3. The molecule has 38 heavy (non-hydrogen) atoms. The van der Waals surface area contributed by atoms with E-state index in [1.54, 1.807) is 25.1 Å². The number of fused-ring (bicyclic) bond motifs is 2. The van der Waals surface area contributed by atoms with Crippen LogP contribution >= 0.6 is 11.6 Å². The van der Waals surface area contributed by atoms with Crippen molar-refractivity contribution in [2.24, 2.45) is 5.41 Å². The molecule has 1 fully saturated rings. The van der Waals surface area contributed by atoms with Gasteiger partial charge in [0.2, 0.25) is 11.8 Å². The normalized spacial score (nSPS) is 21.9. The standard InChI is InChI=1S/C28H30ClFN4O4/c1-16(17-5-8-19(30)9-6-17)38-26(37)33-23(13-27(2,3)4)24(35)34-15-28(12-20(34)14-31)21-11-18(29)7-10-22(21)32-25(28)36/h5-11,16,20,23H,12-13,15H2,1-4H3,(H,32,36)(H,33,37)/t16-,20-,23-,28-/m0/s1. The van der Waals surface area contributed by atoms with E-state index in [2.05, 4.69) is 16.7 Å². The zero-order valence-electron chi connectivity index (χ0n) is 21.7. The van der Waals surface area contributed by atoms with E-state index < -0.39 is 41.4 Å². The number of carbonyl (C=O) groups excluding carboxylic acids is 3. The highest BCUT2D eigenvalue weighted by molar-refractivity contribution is 6.31. The third-order valence-electron chi connectivity index (χ3n) is 7.00. The van der Waals surface area contributed by atoms with Gasteiger partial charge in [-0.25, -0.2) is 9.18 Å². The average molecular weight is 541 g/mol. The van der Waals surface area contributed by atoms with Crippen LogP contribution in [-0.2, 0) is 19.7 Å². The van der Waals surface area contributed by atoms with Crippen LogP contribution in [0.5, 0.6) is 0 Å². The van der Waals surface area contributed by atoms with Gasteiger partial charge in [-0.2, -0.15) is 5.26 Å². The van der Waals surface area contributed by atoms with Crippen molar-refractivity contribution >= 4 is 35.2 Å². The largest absolute Gasteiger partial charge is 0.442 e. The molecule has 2 aliphatic heterocycles. The highest BCUT2D eigenvalue weighted by Gasteiger charge is 2.56. The number of rotatable bonds is 5. The van der Waals surface area contributed by atoms with E-state index in [1.165, 1.54) is 29.2 Å². The number of hydrogen-bond acceptors (Lipinski definition) is 5. The second kappa shape index (κ2) is 10.3. The summed E-state index contributed by atoms with van der Waals surface area (Å²) in [5.41, 5.74) is 0.378. The van der Waals surface area contributed by atoms with E-state index in [4.69, 9.17) is 16.3 Å². The number of nitrogens with one attached hydrogen (secondary N) is 2. The quantitative estimate of drug-likeness (QED) is 0.549. The van der Waals surface area contributed by atoms with Crippen molar-refractivity contribution in [3.63, 3.8) is 0 Å². The van der Waals surface area contributed by atoms with E-state index in [-0.39, 0.29) is 30.7 Å². The van der Waals surface area contributed by atoms with Crippen LogP contribution in [0.2, 0.25) is 5.02 Å². The van der Waals surface area contributed by atoms with E-state index >= 15 is 0 Å². The number of ether oxygens (including phenoxy) is 1. The predicted octanol–water partition coefficient (Wildman–Crippen LogP) is 5.09. The molecule has 2 N–H and O–H groups in total. The molecular weight excluding hydrogens is 511 g/mol. The number of carbonyl (C=O) groups is 3. The van der Waals surface area contributed by atoms with Gasteiger partial charge in [0, 0.05) is 23.7 Å². The fourth-order valence-corrected chi connectivity index (χ4v) is 5.32. The Morgan fingerprint density at radius 1 is 1.29 bits per heavy atom. The van der Waals surface area contributed by atoms with Crippen LogP contribution in [0, 0.1) is 22.6 Å². The van der Waals surface area contributed by atoms with Crippen molar-refractivity contribution in [2.45, 2.75) is 64.1 Å². The van der Waals surface area contributed by atoms with Gasteiger partial charge in [0.1, 0.15) is 24.0 Å². The molecule has 4 atom stereocenters. The molecule has 200 valence electrons. The Bertz CT molecular complexity index is 1300. The summed E-state index contributed by atoms with van der Waals surface area (Å²) in [5.74, 6) is -1.17. The lowest BCUT2D eigenvalue weighted by Gasteiger charge is -2.31. The lowest BCUT2D eigenvalue weighted by atomic mass is 9.80. The number of nitrogens with zero attached hydrogens (tertiary/aromatic N) is 2. The Hall–Kier alpha value is -3.64. The zero-order valence-corrected chi connectivity index (χ0v) is 22.4. The first-order valence-electron chi connectivity index (χ1n) is 12.4. The van der Waals surface area contributed by atoms with E-state index in [1.807, 2.05) is 20.8 Å². The fraction of sp³-hybridized carbons (Fsp3) is 0.429. The van der Waals surface area contributed by atoms with Gasteiger partial charge in [-0.1, -0.05) is 44.5 Å². The molecule has 10 heteroatoms. The molecule has 0 bridgehead atoms. The Labute approximate surface area is 226 Å². The summed E-state index contributed by atoms with van der Waals surface area (Å²) in [6.45, 7) is 7.41. The minimum atomic E-state index is -1.11. The predicted molar refractivity (Wildman–Crippen MR) is 140 cm³/mol. The molecule has 0 saturated carbocycles. The minimum Gasteiger partial charge on any atom is -0.442 e. The molecule has 4 rings (SSSR count). The van der Waals surface area contributed by atoms with Crippen molar-refractivity contribution in [2.75, 3.05) is 11.9 Å². The summed E-state index contributed by atoms with van der Waals surface area (Å²) in [4.78, 5) is 41.2. The summed E-state index contributed by atoms with van der Waals surface area (Å²) in [5, 5.41) is 15.9. The first-order valence-corrected chi connectivity index (χ1v) is 12.7. The molecule has 1 saturated heterocycles. The molecule has 2 aliphatic rings. The third kappa shape index (κ3) is 5.46. The van der Waals surface area contributed by atoms with Gasteiger partial charge in [-0.3, -0.25) is 9.59 Å². The van der Waals surface area contributed by atoms with E-state index in [9.17, 15) is 24.0 Å². The maximum Gasteiger partial charge on any atom is 0.408 e. The summed E-state index contributed by atoms with van der Waals surface area (Å²) >= 11 is 6.21. The lowest BCUT2D eigenvalue weighted by molar-refractivity contribution is -0.134. The number of benzene rings is 2. The topological polar surface area (TPSA) is 112 Å². The van der Waals surface area contributed by atoms with E-state index in [0.29, 0.717) is 21.8 Å². The molecule has 1 spiro atoms. The van der Waals surface area contributed by atoms with Gasteiger partial charge < -0.3 is 20.3 Å². The highest BCUT2D eigenvalue weighted by atomic mass is 35.5. The number of alkyl carbamates (subject to hydrolysis) is 1. The van der Waals surface area contributed by atoms with Crippen LogP contribution in [0.3, 0.4) is 0 Å². The SMILES string of the molecule is C[C@H](OC(=O)N[C@@H](CC(C)(C)C)C(=O)N1C[C@]2(C[C@H]1C#N)C(=O)Nc1ccc(Cl)cc12)c1ccc(F)cc1. The molecule has 0 aromatic heterocycles. The van der Waals surface area contributed by atoms with Gasteiger partial charge in [0.05, 0.1) is 11.5 Å². The average Bonchev–Trinajstić information content (AvgIpc) is 3.36. The van der Waals surface area contributed by atoms with Gasteiger partial charge in [-0.15, -0.1) is 0 Å². The monoisotopic (exact) mass is 540 g/mol. The van der Waals surface area contributed by atoms with Crippen molar-refractivity contribution in [1.29, 1.82) is 5.26 Å². The lowest BCUT2D eigenvalue weighted by Crippen LogP contribution is -2.52. The third-order valence-corrected chi connectivity index (χ3v) is 7.24. The number of nitriles is 1. The van der Waals surface area contributed by atoms with Gasteiger partial charge in [0.15, 0.2) is 0 Å². The second-order valence-corrected chi connectivity index (χ2v) is 11.5. The van der Waals surface area contributed by atoms with Crippen molar-refractivity contribution in [3.8, 4) is 6.07 Å².